The van der Waals surface area contributed by atoms with Gasteiger partial charge in [0, 0.05) is 63.0 Å². The van der Waals surface area contributed by atoms with Crippen molar-refractivity contribution in [1.29, 1.82) is 0 Å². The zero-order chi connectivity index (χ0) is 25.6. The molecule has 0 aliphatic carbocycles. The molecule has 4 aromatic rings. The molecule has 1 atom stereocenters. The van der Waals surface area contributed by atoms with E-state index in [1.54, 1.807) is 6.33 Å². The summed E-state index contributed by atoms with van der Waals surface area (Å²) in [5, 5.41) is 3.32. The van der Waals surface area contributed by atoms with Crippen LogP contribution in [-0.4, -0.2) is 43.9 Å². The van der Waals surface area contributed by atoms with Crippen LogP contribution >= 0.6 is 23.2 Å². The maximum atomic E-state index is 12.6. The average Bonchev–Trinajstić information content (AvgIpc) is 3.44. The van der Waals surface area contributed by atoms with Gasteiger partial charge in [0.05, 0.1) is 40.3 Å². The van der Waals surface area contributed by atoms with Gasteiger partial charge in [-0.15, -0.1) is 0 Å². The summed E-state index contributed by atoms with van der Waals surface area (Å²) >= 11 is 12.2. The van der Waals surface area contributed by atoms with Crippen LogP contribution in [0.15, 0.2) is 67.5 Å². The zero-order valence-corrected chi connectivity index (χ0v) is 21.5. The molecule has 190 valence electrons. The Morgan fingerprint density at radius 1 is 1.08 bits per heavy atom. The molecule has 2 N–H and O–H groups in total. The molecule has 3 aromatic heterocycles. The van der Waals surface area contributed by atoms with E-state index in [0.29, 0.717) is 13.2 Å². The Hall–Kier alpha value is -3.46. The maximum absolute atomic E-state index is 12.6. The number of aromatic nitrogens is 4. The highest BCUT2D eigenvalue weighted by atomic mass is 35.5. The van der Waals surface area contributed by atoms with Gasteiger partial charge in [0.2, 0.25) is 0 Å². The van der Waals surface area contributed by atoms with Crippen LogP contribution in [0.2, 0.25) is 10.0 Å². The van der Waals surface area contributed by atoms with E-state index in [2.05, 4.69) is 42.3 Å². The fourth-order valence-electron chi connectivity index (χ4n) is 4.47. The highest BCUT2D eigenvalue weighted by molar-refractivity contribution is 6.39. The molecule has 1 aromatic carbocycles. The second kappa shape index (κ2) is 11.7. The normalized spacial score (nSPS) is 14.7. The summed E-state index contributed by atoms with van der Waals surface area (Å²) in [6, 6.07) is 12.3. The number of aromatic amines is 1. The fourth-order valence-corrected chi connectivity index (χ4v) is 5.01. The quantitative estimate of drug-likeness (QED) is 0.312. The van der Waals surface area contributed by atoms with Crippen molar-refractivity contribution in [1.82, 2.24) is 30.2 Å². The van der Waals surface area contributed by atoms with Gasteiger partial charge in [0.1, 0.15) is 5.75 Å². The summed E-state index contributed by atoms with van der Waals surface area (Å²) in [7, 11) is 0. The first-order valence-corrected chi connectivity index (χ1v) is 12.8. The molecule has 0 saturated heterocycles. The van der Waals surface area contributed by atoms with E-state index < -0.39 is 0 Å². The summed E-state index contributed by atoms with van der Waals surface area (Å²) in [4.78, 5) is 30.9. The predicted molar refractivity (Wildman–Crippen MR) is 142 cm³/mol. The number of rotatable bonds is 9. The molecule has 0 spiro atoms. The van der Waals surface area contributed by atoms with Gasteiger partial charge in [0.25, 0.3) is 5.91 Å². The van der Waals surface area contributed by atoms with Crippen molar-refractivity contribution < 1.29 is 9.53 Å². The minimum absolute atomic E-state index is 0.154. The predicted octanol–water partition coefficient (Wildman–Crippen LogP) is 5.01. The van der Waals surface area contributed by atoms with Crippen molar-refractivity contribution >= 4 is 29.1 Å². The van der Waals surface area contributed by atoms with E-state index in [1.807, 2.05) is 36.7 Å². The second-order valence-corrected chi connectivity index (χ2v) is 9.63. The van der Waals surface area contributed by atoms with Crippen molar-refractivity contribution in [2.45, 2.75) is 32.0 Å². The molecule has 37 heavy (non-hydrogen) atoms. The lowest BCUT2D eigenvalue weighted by Crippen LogP contribution is -2.34. The van der Waals surface area contributed by atoms with Crippen LogP contribution in [0.1, 0.15) is 45.3 Å². The van der Waals surface area contributed by atoms with E-state index in [4.69, 9.17) is 27.9 Å². The van der Waals surface area contributed by atoms with Crippen LogP contribution in [0.25, 0.3) is 0 Å². The topological polar surface area (TPSA) is 96.0 Å². The minimum Gasteiger partial charge on any atom is -0.492 e. The monoisotopic (exact) mass is 536 g/mol. The SMILES string of the molecule is O=C(NCc1ccc(CN(CCc2cnc[nH]2)C2CCOc3cccnc32)cc1)c1c(Cl)cncc1Cl. The van der Waals surface area contributed by atoms with Gasteiger partial charge in [0.15, 0.2) is 0 Å². The first-order chi connectivity index (χ1) is 18.1. The van der Waals surface area contributed by atoms with E-state index >= 15 is 0 Å². The van der Waals surface area contributed by atoms with Gasteiger partial charge in [-0.05, 0) is 23.3 Å². The number of pyridine rings is 2. The molecule has 1 aliphatic rings. The van der Waals surface area contributed by atoms with Crippen LogP contribution in [0.4, 0.5) is 0 Å². The van der Waals surface area contributed by atoms with Crippen molar-refractivity contribution in [3.05, 3.63) is 106 Å². The smallest absolute Gasteiger partial charge is 0.254 e. The van der Waals surface area contributed by atoms with Gasteiger partial charge in [-0.1, -0.05) is 47.5 Å². The van der Waals surface area contributed by atoms with E-state index in [0.717, 1.165) is 48.6 Å². The summed E-state index contributed by atoms with van der Waals surface area (Å²) in [5.41, 5.74) is 4.45. The van der Waals surface area contributed by atoms with Crippen LogP contribution in [0.5, 0.6) is 5.75 Å². The van der Waals surface area contributed by atoms with Crippen LogP contribution in [-0.2, 0) is 19.5 Å². The van der Waals surface area contributed by atoms with Crippen LogP contribution in [0.3, 0.4) is 0 Å². The zero-order valence-electron chi connectivity index (χ0n) is 20.0. The fraction of sp³-hybridized carbons (Fsp3) is 0.259. The number of benzene rings is 1. The number of fused-ring (bicyclic) bond motifs is 1. The molecule has 4 heterocycles. The van der Waals surface area contributed by atoms with Crippen LogP contribution in [0, 0.1) is 0 Å². The van der Waals surface area contributed by atoms with Crippen molar-refractivity contribution in [2.75, 3.05) is 13.2 Å². The van der Waals surface area contributed by atoms with Crippen molar-refractivity contribution in [3.63, 3.8) is 0 Å². The number of hydrogen-bond acceptors (Lipinski definition) is 6. The Kier molecular flexibility index (Phi) is 7.99. The Morgan fingerprint density at radius 2 is 1.86 bits per heavy atom. The molecule has 5 rings (SSSR count). The molecule has 1 unspecified atom stereocenters. The Balaban J connectivity index is 1.27. The molecule has 1 aliphatic heterocycles. The number of halogens is 2. The lowest BCUT2D eigenvalue weighted by molar-refractivity contribution is 0.0951. The lowest BCUT2D eigenvalue weighted by Gasteiger charge is -2.35. The van der Waals surface area contributed by atoms with E-state index in [-0.39, 0.29) is 27.6 Å². The van der Waals surface area contributed by atoms with E-state index in [9.17, 15) is 4.79 Å². The average molecular weight is 537 g/mol. The number of ether oxygens (including phenoxy) is 1. The van der Waals surface area contributed by atoms with Gasteiger partial charge < -0.3 is 15.0 Å². The Bertz CT molecular complexity index is 1330. The molecule has 10 heteroatoms. The summed E-state index contributed by atoms with van der Waals surface area (Å²) < 4.78 is 5.85. The first-order valence-electron chi connectivity index (χ1n) is 12.0. The summed E-state index contributed by atoms with van der Waals surface area (Å²) in [6.45, 7) is 2.61. The second-order valence-electron chi connectivity index (χ2n) is 8.81. The Morgan fingerprint density at radius 3 is 2.62 bits per heavy atom. The number of H-pyrrole nitrogens is 1. The van der Waals surface area contributed by atoms with Gasteiger partial charge in [-0.3, -0.25) is 19.7 Å². The number of imidazole rings is 1. The molecule has 0 fully saturated rings. The van der Waals surface area contributed by atoms with Crippen molar-refractivity contribution in [3.8, 4) is 5.75 Å². The number of nitrogens with zero attached hydrogens (tertiary/aromatic N) is 4. The third-order valence-corrected chi connectivity index (χ3v) is 6.94. The molecule has 0 radical (unpaired) electrons. The molecular formula is C27H26Cl2N6O2. The van der Waals surface area contributed by atoms with Crippen molar-refractivity contribution in [2.24, 2.45) is 0 Å². The molecule has 1 amide bonds. The number of carbonyl (C=O) groups excluding carboxylic acids is 1. The molecule has 8 nitrogen and oxygen atoms in total. The van der Waals surface area contributed by atoms with Gasteiger partial charge >= 0.3 is 0 Å². The van der Waals surface area contributed by atoms with E-state index in [1.165, 1.54) is 18.0 Å². The third-order valence-electron chi connectivity index (χ3n) is 6.37. The molecule has 0 bridgehead atoms. The summed E-state index contributed by atoms with van der Waals surface area (Å²) in [5.74, 6) is 0.517. The highest BCUT2D eigenvalue weighted by Gasteiger charge is 2.28. The number of hydrogen-bond donors (Lipinski definition) is 2. The Labute approximate surface area is 225 Å². The largest absolute Gasteiger partial charge is 0.492 e. The third kappa shape index (κ3) is 6.10. The standard InChI is InChI=1S/C27H26Cl2N6O2/c28-21-14-30-15-22(29)25(21)27(36)33-12-18-3-5-19(6-4-18)16-35(10-7-20-13-31-17-34-20)23-8-11-37-24-2-1-9-32-26(23)24/h1-6,9,13-15,17,23H,7-8,10-12,16H2,(H,31,34)(H,33,36). The molecule has 0 saturated carbocycles. The number of amides is 1. The number of nitrogens with one attached hydrogen (secondary N) is 2. The number of carbonyl (C=O) groups is 1. The minimum atomic E-state index is -0.336. The summed E-state index contributed by atoms with van der Waals surface area (Å²) in [6.07, 6.45) is 9.93. The van der Waals surface area contributed by atoms with Crippen LogP contribution < -0.4 is 10.1 Å². The first kappa shape index (κ1) is 25.2. The van der Waals surface area contributed by atoms with Gasteiger partial charge in [-0.2, -0.15) is 0 Å². The lowest BCUT2D eigenvalue weighted by atomic mass is 10.0. The molecular weight excluding hydrogens is 511 g/mol. The maximum Gasteiger partial charge on any atom is 0.254 e. The highest BCUT2D eigenvalue weighted by Crippen LogP contribution is 2.35. The van der Waals surface area contributed by atoms with Gasteiger partial charge in [-0.25, -0.2) is 4.98 Å².